The first-order valence-electron chi connectivity index (χ1n) is 12.8. The van der Waals surface area contributed by atoms with Gasteiger partial charge in [-0.05, 0) is 42.7 Å². The summed E-state index contributed by atoms with van der Waals surface area (Å²) >= 11 is 0. The molecule has 0 aromatic heterocycles. The molecule has 0 aliphatic carbocycles. The lowest BCUT2D eigenvalue weighted by molar-refractivity contribution is -0.125. The van der Waals surface area contributed by atoms with Gasteiger partial charge in [-0.15, -0.1) is 0 Å². The fraction of sp³-hybridized carbons (Fsp3) is 0.667. The second-order valence-corrected chi connectivity index (χ2v) is 10.8. The number of hydrogen-bond acceptors (Lipinski definition) is 5. The summed E-state index contributed by atoms with van der Waals surface area (Å²) in [6, 6.07) is 7.09. The predicted octanol–water partition coefficient (Wildman–Crippen LogP) is 2.52. The van der Waals surface area contributed by atoms with E-state index in [1.165, 1.54) is 6.92 Å². The molecule has 1 heterocycles. The van der Waals surface area contributed by atoms with E-state index < -0.39 is 17.6 Å². The van der Waals surface area contributed by atoms with E-state index in [4.69, 9.17) is 5.73 Å². The molecule has 4 atom stereocenters. The molecule has 0 fully saturated rings. The zero-order chi connectivity index (χ0) is 26.2. The van der Waals surface area contributed by atoms with Crippen LogP contribution in [0.5, 0.6) is 0 Å². The molecule has 8 nitrogen and oxygen atoms in total. The Bertz CT molecular complexity index is 872. The Hall–Kier alpha value is -2.45. The lowest BCUT2D eigenvalue weighted by atomic mass is 9.79. The van der Waals surface area contributed by atoms with E-state index in [9.17, 15) is 19.5 Å². The van der Waals surface area contributed by atoms with Gasteiger partial charge < -0.3 is 26.4 Å². The van der Waals surface area contributed by atoms with Gasteiger partial charge >= 0.3 is 0 Å². The highest BCUT2D eigenvalue weighted by atomic mass is 16.3. The van der Waals surface area contributed by atoms with Crippen LogP contribution in [0.1, 0.15) is 72.3 Å². The van der Waals surface area contributed by atoms with Crippen LogP contribution in [0.4, 0.5) is 5.69 Å². The van der Waals surface area contributed by atoms with Crippen LogP contribution in [0.15, 0.2) is 24.3 Å². The molecule has 0 radical (unpaired) electrons. The lowest BCUT2D eigenvalue weighted by Gasteiger charge is -2.37. The lowest BCUT2D eigenvalue weighted by Crippen LogP contribution is -2.50. The number of nitrogens with zero attached hydrogens (tertiary/aromatic N) is 1. The number of unbranched alkanes of at least 4 members (excludes halogenated alkanes) is 1. The molecule has 5 N–H and O–H groups in total. The second-order valence-electron chi connectivity index (χ2n) is 10.8. The minimum Gasteiger partial charge on any atom is -0.391 e. The van der Waals surface area contributed by atoms with Crippen molar-refractivity contribution in [2.75, 3.05) is 18.0 Å². The zero-order valence-electron chi connectivity index (χ0n) is 22.0. The normalized spacial score (nSPS) is 18.3. The topological polar surface area (TPSA) is 125 Å². The van der Waals surface area contributed by atoms with Crippen molar-refractivity contribution in [1.82, 2.24) is 10.6 Å². The standard InChI is InChI=1S/C27H44N4O4/c1-6-7-12-29-26(35)18(2)13-24(33)22(28)15-27(4,5)16-25(34)31-17-21(30-19(3)32)14-20-10-8-9-11-23(20)31/h8-11,18,21-22,24,33H,6-7,12-17,28H2,1-5H3,(H,29,35)(H,30,32)/t18-,21-,22+,24+/m1/s1. The van der Waals surface area contributed by atoms with Gasteiger partial charge in [0.15, 0.2) is 0 Å². The predicted molar refractivity (Wildman–Crippen MR) is 139 cm³/mol. The molecular formula is C27H44N4O4. The van der Waals surface area contributed by atoms with Crippen molar-refractivity contribution in [3.63, 3.8) is 0 Å². The number of nitrogens with one attached hydrogen (secondary N) is 2. The van der Waals surface area contributed by atoms with E-state index in [1.54, 1.807) is 11.8 Å². The Balaban J connectivity index is 1.98. The molecule has 3 amide bonds. The summed E-state index contributed by atoms with van der Waals surface area (Å²) in [5.74, 6) is -0.567. The monoisotopic (exact) mass is 488 g/mol. The van der Waals surface area contributed by atoms with Crippen LogP contribution in [-0.4, -0.2) is 54.1 Å². The van der Waals surface area contributed by atoms with Gasteiger partial charge in [-0.25, -0.2) is 0 Å². The molecule has 1 aromatic rings. The zero-order valence-corrected chi connectivity index (χ0v) is 22.0. The van der Waals surface area contributed by atoms with Gasteiger partial charge in [0.2, 0.25) is 17.7 Å². The fourth-order valence-electron chi connectivity index (χ4n) is 4.77. The van der Waals surface area contributed by atoms with Gasteiger partial charge in [-0.2, -0.15) is 0 Å². The molecule has 0 saturated carbocycles. The Morgan fingerprint density at radius 1 is 1.26 bits per heavy atom. The fourth-order valence-corrected chi connectivity index (χ4v) is 4.77. The van der Waals surface area contributed by atoms with Gasteiger partial charge in [-0.3, -0.25) is 14.4 Å². The molecule has 0 unspecified atom stereocenters. The van der Waals surface area contributed by atoms with Crippen molar-refractivity contribution < 1.29 is 19.5 Å². The van der Waals surface area contributed by atoms with Crippen LogP contribution in [0.2, 0.25) is 0 Å². The Kier molecular flexibility index (Phi) is 10.7. The van der Waals surface area contributed by atoms with Gasteiger partial charge in [0.25, 0.3) is 0 Å². The van der Waals surface area contributed by atoms with E-state index in [0.717, 1.165) is 24.1 Å². The number of nitrogens with two attached hydrogens (primary N) is 1. The van der Waals surface area contributed by atoms with E-state index in [-0.39, 0.29) is 42.5 Å². The minimum absolute atomic E-state index is 0.0390. The third kappa shape index (κ3) is 8.93. The average Bonchev–Trinajstić information content (AvgIpc) is 2.77. The molecule has 1 aromatic carbocycles. The van der Waals surface area contributed by atoms with E-state index in [0.29, 0.717) is 25.9 Å². The molecule has 0 spiro atoms. The number of hydrogen-bond donors (Lipinski definition) is 4. The van der Waals surface area contributed by atoms with Crippen molar-refractivity contribution in [3.8, 4) is 0 Å². The Labute approximate surface area is 210 Å². The van der Waals surface area contributed by atoms with Crippen LogP contribution in [0, 0.1) is 11.3 Å². The van der Waals surface area contributed by atoms with Crippen LogP contribution < -0.4 is 21.3 Å². The molecule has 1 aliphatic heterocycles. The van der Waals surface area contributed by atoms with Gasteiger partial charge in [0, 0.05) is 44.1 Å². The number of carbonyl (C=O) groups is 3. The van der Waals surface area contributed by atoms with Gasteiger partial charge in [-0.1, -0.05) is 52.3 Å². The van der Waals surface area contributed by atoms with Crippen LogP contribution in [0.3, 0.4) is 0 Å². The number of fused-ring (bicyclic) bond motifs is 1. The third-order valence-electron chi connectivity index (χ3n) is 6.64. The highest BCUT2D eigenvalue weighted by Crippen LogP contribution is 2.33. The van der Waals surface area contributed by atoms with Crippen LogP contribution >= 0.6 is 0 Å². The molecule has 35 heavy (non-hydrogen) atoms. The first-order valence-corrected chi connectivity index (χ1v) is 12.8. The van der Waals surface area contributed by atoms with Crippen molar-refractivity contribution in [2.45, 2.75) is 91.3 Å². The number of aliphatic hydroxyl groups is 1. The highest BCUT2D eigenvalue weighted by molar-refractivity contribution is 5.95. The summed E-state index contributed by atoms with van der Waals surface area (Å²) in [7, 11) is 0. The molecular weight excluding hydrogens is 444 g/mol. The first kappa shape index (κ1) is 28.8. The first-order chi connectivity index (χ1) is 16.4. The van der Waals surface area contributed by atoms with Crippen LogP contribution in [0.25, 0.3) is 0 Å². The maximum absolute atomic E-state index is 13.4. The maximum Gasteiger partial charge on any atom is 0.227 e. The van der Waals surface area contributed by atoms with E-state index in [2.05, 4.69) is 17.6 Å². The van der Waals surface area contributed by atoms with Gasteiger partial charge in [0.1, 0.15) is 0 Å². The van der Waals surface area contributed by atoms with Crippen molar-refractivity contribution in [2.24, 2.45) is 17.1 Å². The van der Waals surface area contributed by atoms with Crippen molar-refractivity contribution in [1.29, 1.82) is 0 Å². The summed E-state index contributed by atoms with van der Waals surface area (Å²) in [6.07, 6.45) is 2.75. The molecule has 196 valence electrons. The Morgan fingerprint density at radius 2 is 1.94 bits per heavy atom. The maximum atomic E-state index is 13.4. The molecule has 0 saturated heterocycles. The summed E-state index contributed by atoms with van der Waals surface area (Å²) < 4.78 is 0. The molecule has 1 aliphatic rings. The summed E-state index contributed by atoms with van der Waals surface area (Å²) in [6.45, 7) is 10.4. The number of amides is 3. The number of anilines is 1. The quantitative estimate of drug-likeness (QED) is 0.337. The average molecular weight is 489 g/mol. The number of carbonyl (C=O) groups excluding carboxylic acids is 3. The second kappa shape index (κ2) is 13.0. The number of benzene rings is 1. The number of rotatable bonds is 12. The molecule has 0 bridgehead atoms. The van der Waals surface area contributed by atoms with E-state index in [1.807, 2.05) is 38.1 Å². The molecule has 8 heteroatoms. The summed E-state index contributed by atoms with van der Waals surface area (Å²) in [5.41, 5.74) is 7.78. The minimum atomic E-state index is -0.837. The Morgan fingerprint density at radius 3 is 2.60 bits per heavy atom. The third-order valence-corrected chi connectivity index (χ3v) is 6.64. The van der Waals surface area contributed by atoms with Crippen LogP contribution in [-0.2, 0) is 20.8 Å². The largest absolute Gasteiger partial charge is 0.391 e. The number of para-hydroxylation sites is 1. The van der Waals surface area contributed by atoms with Gasteiger partial charge in [0.05, 0.1) is 12.1 Å². The smallest absolute Gasteiger partial charge is 0.227 e. The number of aliphatic hydroxyl groups excluding tert-OH is 1. The van der Waals surface area contributed by atoms with Crippen molar-refractivity contribution >= 4 is 23.4 Å². The summed E-state index contributed by atoms with van der Waals surface area (Å²) in [5, 5.41) is 16.5. The van der Waals surface area contributed by atoms with E-state index >= 15 is 0 Å². The highest BCUT2D eigenvalue weighted by Gasteiger charge is 2.34. The SMILES string of the molecule is CCCCNC(=O)[C@H](C)C[C@H](O)[C@@H](N)CC(C)(C)CC(=O)N1C[C@H](NC(C)=O)Cc2ccccc21. The van der Waals surface area contributed by atoms with Crippen molar-refractivity contribution in [3.05, 3.63) is 29.8 Å². The summed E-state index contributed by atoms with van der Waals surface area (Å²) in [4.78, 5) is 39.0. The molecule has 2 rings (SSSR count).